The lowest BCUT2D eigenvalue weighted by molar-refractivity contribution is 0.464. The van der Waals surface area contributed by atoms with E-state index in [1.165, 1.54) is 0 Å². The summed E-state index contributed by atoms with van der Waals surface area (Å²) in [4.78, 5) is 0. The molecule has 1 N–H and O–H groups in total. The van der Waals surface area contributed by atoms with E-state index in [1.807, 2.05) is 28.9 Å². The van der Waals surface area contributed by atoms with Gasteiger partial charge in [0.05, 0.1) is 12.1 Å². The number of nitrogens with zero attached hydrogens (tertiary/aromatic N) is 4. The van der Waals surface area contributed by atoms with Gasteiger partial charge < -0.3 is 5.32 Å². The van der Waals surface area contributed by atoms with Crippen LogP contribution < -0.4 is 5.32 Å². The number of tetrazole rings is 1. The molecule has 20 heavy (non-hydrogen) atoms. The number of nitrogens with one attached hydrogen (secondary N) is 1. The first-order valence-electron chi connectivity index (χ1n) is 6.90. The van der Waals surface area contributed by atoms with E-state index in [0.717, 1.165) is 29.4 Å². The van der Waals surface area contributed by atoms with Gasteiger partial charge in [-0.15, -0.1) is 5.10 Å². The Morgan fingerprint density at radius 2 is 1.95 bits per heavy atom. The van der Waals surface area contributed by atoms with Crippen molar-refractivity contribution >= 4 is 11.6 Å². The molecular formula is C14H20ClN5. The quantitative estimate of drug-likeness (QED) is 0.889. The summed E-state index contributed by atoms with van der Waals surface area (Å²) in [6.45, 7) is 7.24. The molecule has 2 rings (SSSR count). The van der Waals surface area contributed by atoms with E-state index in [0.29, 0.717) is 0 Å². The molecule has 0 aliphatic rings. The highest BCUT2D eigenvalue weighted by Gasteiger charge is 2.19. The van der Waals surface area contributed by atoms with Gasteiger partial charge in [-0.05, 0) is 54.9 Å². The third kappa shape index (κ3) is 3.35. The Bertz CT molecular complexity index is 537. The van der Waals surface area contributed by atoms with Crippen LogP contribution in [0.5, 0.6) is 0 Å². The summed E-state index contributed by atoms with van der Waals surface area (Å²) in [7, 11) is 0. The molecule has 0 amide bonds. The Hall–Kier alpha value is -1.46. The van der Waals surface area contributed by atoms with Crippen LogP contribution in [0.1, 0.15) is 50.7 Å². The maximum atomic E-state index is 5.92. The molecule has 108 valence electrons. The van der Waals surface area contributed by atoms with E-state index in [-0.39, 0.29) is 12.1 Å². The normalized spacial score (nSPS) is 14.2. The number of aromatic nitrogens is 4. The summed E-state index contributed by atoms with van der Waals surface area (Å²) >= 11 is 5.92. The molecule has 1 aromatic heterocycles. The van der Waals surface area contributed by atoms with Crippen molar-refractivity contribution < 1.29 is 0 Å². The molecule has 1 aromatic carbocycles. The lowest BCUT2D eigenvalue weighted by atomic mass is 10.1. The van der Waals surface area contributed by atoms with E-state index in [4.69, 9.17) is 11.6 Å². The molecule has 6 heteroatoms. The first-order valence-corrected chi connectivity index (χ1v) is 7.28. The van der Waals surface area contributed by atoms with Crippen molar-refractivity contribution in [3.63, 3.8) is 0 Å². The van der Waals surface area contributed by atoms with Gasteiger partial charge in [0.1, 0.15) is 0 Å². The van der Waals surface area contributed by atoms with Crippen LogP contribution >= 0.6 is 11.6 Å². The fourth-order valence-corrected chi connectivity index (χ4v) is 2.22. The topological polar surface area (TPSA) is 55.6 Å². The zero-order valence-electron chi connectivity index (χ0n) is 12.0. The Morgan fingerprint density at radius 1 is 1.25 bits per heavy atom. The van der Waals surface area contributed by atoms with Crippen molar-refractivity contribution in [2.45, 2.75) is 39.3 Å². The summed E-state index contributed by atoms with van der Waals surface area (Å²) < 4.78 is 1.86. The fraction of sp³-hybridized carbons (Fsp3) is 0.500. The molecule has 2 atom stereocenters. The molecule has 0 fully saturated rings. The Labute approximate surface area is 124 Å². The van der Waals surface area contributed by atoms with Crippen LogP contribution in [-0.4, -0.2) is 26.8 Å². The van der Waals surface area contributed by atoms with Crippen molar-refractivity contribution in [3.8, 4) is 0 Å². The van der Waals surface area contributed by atoms with Gasteiger partial charge >= 0.3 is 0 Å². The third-order valence-corrected chi connectivity index (χ3v) is 3.58. The standard InChI is InChI=1S/C14H20ClN5/c1-4-9-16-10(2)14-17-18-19-20(14)11(3)12-5-7-13(15)8-6-12/h5-8,10-11,16H,4,9H2,1-3H3. The second-order valence-electron chi connectivity index (χ2n) is 4.88. The average Bonchev–Trinajstić information content (AvgIpc) is 2.94. The molecule has 2 unspecified atom stereocenters. The fourth-order valence-electron chi connectivity index (χ4n) is 2.10. The second-order valence-corrected chi connectivity index (χ2v) is 5.32. The molecule has 0 spiro atoms. The molecule has 5 nitrogen and oxygen atoms in total. The highest BCUT2D eigenvalue weighted by Crippen LogP contribution is 2.21. The van der Waals surface area contributed by atoms with Crippen molar-refractivity contribution in [1.82, 2.24) is 25.5 Å². The van der Waals surface area contributed by atoms with Crippen LogP contribution in [0.3, 0.4) is 0 Å². The summed E-state index contributed by atoms with van der Waals surface area (Å²) in [6, 6.07) is 7.97. The summed E-state index contributed by atoms with van der Waals surface area (Å²) in [5.74, 6) is 0.848. The minimum Gasteiger partial charge on any atom is -0.307 e. The highest BCUT2D eigenvalue weighted by atomic mass is 35.5. The van der Waals surface area contributed by atoms with Gasteiger partial charge in [0, 0.05) is 5.02 Å². The van der Waals surface area contributed by atoms with Crippen LogP contribution in [0.25, 0.3) is 0 Å². The molecule has 2 aromatic rings. The van der Waals surface area contributed by atoms with E-state index < -0.39 is 0 Å². The van der Waals surface area contributed by atoms with Gasteiger partial charge in [0.25, 0.3) is 0 Å². The van der Waals surface area contributed by atoms with Gasteiger partial charge in [-0.2, -0.15) is 0 Å². The molecule has 0 radical (unpaired) electrons. The van der Waals surface area contributed by atoms with Gasteiger partial charge in [-0.25, -0.2) is 4.68 Å². The summed E-state index contributed by atoms with van der Waals surface area (Å²) in [6.07, 6.45) is 1.08. The lowest BCUT2D eigenvalue weighted by Gasteiger charge is -2.18. The van der Waals surface area contributed by atoms with Gasteiger partial charge in [-0.1, -0.05) is 30.7 Å². The van der Waals surface area contributed by atoms with Gasteiger partial charge in [0.2, 0.25) is 0 Å². The van der Waals surface area contributed by atoms with Gasteiger partial charge in [-0.3, -0.25) is 0 Å². The van der Waals surface area contributed by atoms with Crippen LogP contribution in [0.2, 0.25) is 5.02 Å². The molecule has 1 heterocycles. The lowest BCUT2D eigenvalue weighted by Crippen LogP contribution is -2.24. The predicted octanol–water partition coefficient (Wildman–Crippen LogP) is 3.00. The first kappa shape index (κ1) is 14.9. The summed E-state index contributed by atoms with van der Waals surface area (Å²) in [5.41, 5.74) is 1.13. The Morgan fingerprint density at radius 3 is 2.60 bits per heavy atom. The maximum Gasteiger partial charge on any atom is 0.168 e. The van der Waals surface area contributed by atoms with Gasteiger partial charge in [0.15, 0.2) is 5.82 Å². The SMILES string of the molecule is CCCNC(C)c1nnnn1C(C)c1ccc(Cl)cc1. The number of hydrogen-bond donors (Lipinski definition) is 1. The predicted molar refractivity (Wildman–Crippen MR) is 79.8 cm³/mol. The van der Waals surface area contributed by atoms with E-state index in [1.54, 1.807) is 0 Å². The Kier molecular flexibility index (Phi) is 5.09. The highest BCUT2D eigenvalue weighted by molar-refractivity contribution is 6.30. The molecule has 0 saturated carbocycles. The second kappa shape index (κ2) is 6.81. The van der Waals surface area contributed by atoms with Crippen molar-refractivity contribution in [2.24, 2.45) is 0 Å². The smallest absolute Gasteiger partial charge is 0.168 e. The zero-order valence-corrected chi connectivity index (χ0v) is 12.8. The van der Waals surface area contributed by atoms with Crippen molar-refractivity contribution in [3.05, 3.63) is 40.7 Å². The molecular weight excluding hydrogens is 274 g/mol. The summed E-state index contributed by atoms with van der Waals surface area (Å²) in [5, 5.41) is 16.2. The van der Waals surface area contributed by atoms with Crippen molar-refractivity contribution in [2.75, 3.05) is 6.54 Å². The van der Waals surface area contributed by atoms with Crippen LogP contribution in [0.4, 0.5) is 0 Å². The molecule has 0 aliphatic heterocycles. The zero-order chi connectivity index (χ0) is 14.5. The number of hydrogen-bond acceptors (Lipinski definition) is 4. The first-order chi connectivity index (χ1) is 9.63. The largest absolute Gasteiger partial charge is 0.307 e. The van der Waals surface area contributed by atoms with Crippen LogP contribution in [-0.2, 0) is 0 Å². The maximum absolute atomic E-state index is 5.92. The van der Waals surface area contributed by atoms with Crippen LogP contribution in [0, 0.1) is 0 Å². The Balaban J connectivity index is 2.20. The van der Waals surface area contributed by atoms with E-state index in [9.17, 15) is 0 Å². The number of benzene rings is 1. The molecule has 0 bridgehead atoms. The van der Waals surface area contributed by atoms with E-state index >= 15 is 0 Å². The number of halogens is 1. The number of rotatable bonds is 6. The molecule has 0 aliphatic carbocycles. The van der Waals surface area contributed by atoms with Crippen LogP contribution in [0.15, 0.2) is 24.3 Å². The monoisotopic (exact) mass is 293 g/mol. The van der Waals surface area contributed by atoms with Crippen molar-refractivity contribution in [1.29, 1.82) is 0 Å². The molecule has 0 saturated heterocycles. The third-order valence-electron chi connectivity index (χ3n) is 3.33. The minimum absolute atomic E-state index is 0.0724. The minimum atomic E-state index is 0.0724. The average molecular weight is 294 g/mol. The van der Waals surface area contributed by atoms with E-state index in [2.05, 4.69) is 41.6 Å².